The summed E-state index contributed by atoms with van der Waals surface area (Å²) in [5.41, 5.74) is 0. The lowest BCUT2D eigenvalue weighted by Gasteiger charge is -2.28. The Morgan fingerprint density at radius 3 is 2.76 bits per heavy atom. The number of carboxylic acid groups (broad SMARTS) is 1. The first-order valence-electron chi connectivity index (χ1n) is 7.86. The molecule has 2 rings (SSSR count). The van der Waals surface area contributed by atoms with Crippen LogP contribution >= 0.6 is 0 Å². The van der Waals surface area contributed by atoms with Crippen molar-refractivity contribution in [2.45, 2.75) is 57.4 Å². The molecule has 0 aromatic heterocycles. The Kier molecular flexibility index (Phi) is 5.59. The van der Waals surface area contributed by atoms with Crippen LogP contribution in [0.4, 0.5) is 0 Å². The maximum atomic E-state index is 12.1. The monoisotopic (exact) mass is 296 g/mol. The Bertz CT molecular complexity index is 410. The van der Waals surface area contributed by atoms with Crippen LogP contribution in [0.2, 0.25) is 0 Å². The minimum absolute atomic E-state index is 0.0507. The van der Waals surface area contributed by atoms with Crippen LogP contribution in [0.5, 0.6) is 0 Å². The second kappa shape index (κ2) is 7.43. The fraction of sp³-hybridized carbons (Fsp3) is 0.800. The largest absolute Gasteiger partial charge is 0.481 e. The summed E-state index contributed by atoms with van der Waals surface area (Å²) in [7, 11) is 0. The summed E-state index contributed by atoms with van der Waals surface area (Å²) in [6.07, 6.45) is 6.24. The van der Waals surface area contributed by atoms with Crippen molar-refractivity contribution >= 4 is 17.8 Å². The van der Waals surface area contributed by atoms with E-state index in [9.17, 15) is 14.4 Å². The van der Waals surface area contributed by atoms with E-state index in [0.717, 1.165) is 32.1 Å². The van der Waals surface area contributed by atoms with Gasteiger partial charge in [-0.1, -0.05) is 12.8 Å². The van der Waals surface area contributed by atoms with E-state index in [4.69, 9.17) is 5.11 Å². The second-order valence-electron chi connectivity index (χ2n) is 6.09. The van der Waals surface area contributed by atoms with Gasteiger partial charge in [0.15, 0.2) is 0 Å². The molecule has 0 radical (unpaired) electrons. The van der Waals surface area contributed by atoms with Gasteiger partial charge in [-0.05, 0) is 32.1 Å². The third-order valence-corrected chi connectivity index (χ3v) is 4.39. The molecule has 0 spiro atoms. The van der Waals surface area contributed by atoms with Gasteiger partial charge in [0.2, 0.25) is 11.8 Å². The van der Waals surface area contributed by atoms with Crippen LogP contribution in [0.25, 0.3) is 0 Å². The molecule has 1 saturated heterocycles. The van der Waals surface area contributed by atoms with Gasteiger partial charge in [0.1, 0.15) is 0 Å². The van der Waals surface area contributed by atoms with Crippen molar-refractivity contribution in [1.82, 2.24) is 10.2 Å². The number of carbonyl (C=O) groups is 3. The molecule has 0 aromatic carbocycles. The first-order chi connectivity index (χ1) is 10.1. The average molecular weight is 296 g/mol. The Balaban J connectivity index is 1.80. The van der Waals surface area contributed by atoms with Crippen LogP contribution < -0.4 is 5.32 Å². The summed E-state index contributed by atoms with van der Waals surface area (Å²) in [6, 6.07) is -0.0746. The van der Waals surface area contributed by atoms with Crippen LogP contribution in [-0.4, -0.2) is 46.9 Å². The van der Waals surface area contributed by atoms with Crippen LogP contribution in [0.15, 0.2) is 0 Å². The van der Waals surface area contributed by atoms with Crippen molar-refractivity contribution in [3.63, 3.8) is 0 Å². The Morgan fingerprint density at radius 1 is 1.19 bits per heavy atom. The first kappa shape index (κ1) is 15.8. The molecule has 2 N–H and O–H groups in total. The van der Waals surface area contributed by atoms with Gasteiger partial charge in [-0.2, -0.15) is 0 Å². The quantitative estimate of drug-likeness (QED) is 0.814. The van der Waals surface area contributed by atoms with Crippen molar-refractivity contribution in [2.75, 3.05) is 13.1 Å². The van der Waals surface area contributed by atoms with Gasteiger partial charge in [-0.3, -0.25) is 14.4 Å². The van der Waals surface area contributed by atoms with Crippen LogP contribution in [0, 0.1) is 5.92 Å². The molecule has 6 heteroatoms. The lowest BCUT2D eigenvalue weighted by molar-refractivity contribution is -0.143. The van der Waals surface area contributed by atoms with Gasteiger partial charge < -0.3 is 15.3 Å². The maximum absolute atomic E-state index is 12.1. The molecule has 1 heterocycles. The van der Waals surface area contributed by atoms with Crippen LogP contribution in [-0.2, 0) is 14.4 Å². The highest BCUT2D eigenvalue weighted by Crippen LogP contribution is 2.24. The Hall–Kier alpha value is -1.59. The zero-order chi connectivity index (χ0) is 15.2. The third-order valence-electron chi connectivity index (χ3n) is 4.39. The van der Waals surface area contributed by atoms with E-state index < -0.39 is 5.97 Å². The molecular weight excluding hydrogens is 272 g/mol. The van der Waals surface area contributed by atoms with Crippen LogP contribution in [0.1, 0.15) is 51.4 Å². The number of hydrogen-bond donors (Lipinski definition) is 2. The lowest BCUT2D eigenvalue weighted by Crippen LogP contribution is -2.46. The van der Waals surface area contributed by atoms with Gasteiger partial charge in [0.05, 0.1) is 12.5 Å². The molecule has 118 valence electrons. The number of nitrogens with zero attached hydrogens (tertiary/aromatic N) is 1. The van der Waals surface area contributed by atoms with Gasteiger partial charge >= 0.3 is 5.97 Å². The van der Waals surface area contributed by atoms with Crippen molar-refractivity contribution in [3.8, 4) is 0 Å². The molecule has 0 aromatic rings. The molecule has 1 aliphatic carbocycles. The molecule has 2 unspecified atom stereocenters. The van der Waals surface area contributed by atoms with E-state index >= 15 is 0 Å². The number of nitrogens with one attached hydrogen (secondary N) is 1. The summed E-state index contributed by atoms with van der Waals surface area (Å²) in [5, 5.41) is 11.9. The van der Waals surface area contributed by atoms with E-state index in [2.05, 4.69) is 5.32 Å². The molecule has 2 atom stereocenters. The van der Waals surface area contributed by atoms with Gasteiger partial charge in [0, 0.05) is 19.0 Å². The predicted molar refractivity (Wildman–Crippen MR) is 76.6 cm³/mol. The molecule has 21 heavy (non-hydrogen) atoms. The minimum Gasteiger partial charge on any atom is -0.481 e. The molecule has 2 aliphatic rings. The average Bonchev–Trinajstić information content (AvgIpc) is 2.64. The number of carboxylic acids is 1. The van der Waals surface area contributed by atoms with Crippen LogP contribution in [0.3, 0.4) is 0 Å². The second-order valence-corrected chi connectivity index (χ2v) is 6.09. The first-order valence-corrected chi connectivity index (χ1v) is 7.86. The zero-order valence-electron chi connectivity index (χ0n) is 12.3. The van der Waals surface area contributed by atoms with E-state index in [0.29, 0.717) is 25.8 Å². The summed E-state index contributed by atoms with van der Waals surface area (Å²) >= 11 is 0. The standard InChI is InChI=1S/C15H24N2O4/c18-13(10-17-8-3-1-2-7-14(17)19)16-12-6-4-5-11(9-12)15(20)21/h11-12H,1-10H2,(H,16,18)(H,20,21). The highest BCUT2D eigenvalue weighted by atomic mass is 16.4. The van der Waals surface area contributed by atoms with Gasteiger partial charge in [-0.15, -0.1) is 0 Å². The smallest absolute Gasteiger partial charge is 0.306 e. The number of hydrogen-bond acceptors (Lipinski definition) is 3. The molecule has 1 saturated carbocycles. The predicted octanol–water partition coefficient (Wildman–Crippen LogP) is 1.15. The summed E-state index contributed by atoms with van der Waals surface area (Å²) in [4.78, 5) is 36.6. The fourth-order valence-corrected chi connectivity index (χ4v) is 3.20. The van der Waals surface area contributed by atoms with Crippen molar-refractivity contribution in [1.29, 1.82) is 0 Å². The number of likely N-dealkylation sites (tertiary alicyclic amines) is 1. The number of aliphatic carboxylic acids is 1. The van der Waals surface area contributed by atoms with Crippen molar-refractivity contribution < 1.29 is 19.5 Å². The molecule has 2 fully saturated rings. The number of carbonyl (C=O) groups excluding carboxylic acids is 2. The molecular formula is C15H24N2O4. The number of rotatable bonds is 4. The minimum atomic E-state index is -0.781. The van der Waals surface area contributed by atoms with E-state index in [1.165, 1.54) is 0 Å². The molecule has 1 aliphatic heterocycles. The Morgan fingerprint density at radius 2 is 2.00 bits per heavy atom. The summed E-state index contributed by atoms with van der Waals surface area (Å²) in [5.74, 6) is -1.25. The van der Waals surface area contributed by atoms with Gasteiger partial charge in [0.25, 0.3) is 0 Å². The normalized spacial score (nSPS) is 27.0. The van der Waals surface area contributed by atoms with E-state index in [1.807, 2.05) is 0 Å². The molecule has 0 bridgehead atoms. The molecule has 2 amide bonds. The van der Waals surface area contributed by atoms with Gasteiger partial charge in [-0.25, -0.2) is 0 Å². The molecule has 6 nitrogen and oxygen atoms in total. The topological polar surface area (TPSA) is 86.7 Å². The SMILES string of the molecule is O=C(CN1CCCCCC1=O)NC1CCCC(C(=O)O)C1. The Labute approximate surface area is 124 Å². The lowest BCUT2D eigenvalue weighted by atomic mass is 9.86. The van der Waals surface area contributed by atoms with E-state index in [1.54, 1.807) is 4.90 Å². The maximum Gasteiger partial charge on any atom is 0.306 e. The highest BCUT2D eigenvalue weighted by Gasteiger charge is 2.28. The third kappa shape index (κ3) is 4.72. The summed E-state index contributed by atoms with van der Waals surface area (Å²) < 4.78 is 0. The van der Waals surface area contributed by atoms with Crippen molar-refractivity contribution in [3.05, 3.63) is 0 Å². The van der Waals surface area contributed by atoms with E-state index in [-0.39, 0.29) is 30.3 Å². The zero-order valence-corrected chi connectivity index (χ0v) is 12.3. The number of amides is 2. The van der Waals surface area contributed by atoms with Crippen molar-refractivity contribution in [2.24, 2.45) is 5.92 Å². The fourth-order valence-electron chi connectivity index (χ4n) is 3.20. The highest BCUT2D eigenvalue weighted by molar-refractivity contribution is 5.85. The summed E-state index contributed by atoms with van der Waals surface area (Å²) in [6.45, 7) is 0.752.